The second kappa shape index (κ2) is 13.6. The Morgan fingerprint density at radius 1 is 1.00 bits per heavy atom. The van der Waals surface area contributed by atoms with Crippen molar-refractivity contribution in [2.45, 2.75) is 31.0 Å². The molecule has 0 aliphatic carbocycles. The van der Waals surface area contributed by atoms with E-state index >= 15 is 0 Å². The third-order valence-corrected chi connectivity index (χ3v) is 4.80. The number of amides is 3. The van der Waals surface area contributed by atoms with Crippen LogP contribution in [0, 0.1) is 0 Å². The number of rotatable bonds is 13. The lowest BCUT2D eigenvalue weighted by molar-refractivity contribution is -0.142. The van der Waals surface area contributed by atoms with Crippen molar-refractivity contribution in [3.63, 3.8) is 0 Å². The van der Waals surface area contributed by atoms with Crippen molar-refractivity contribution in [3.05, 3.63) is 35.9 Å². The maximum absolute atomic E-state index is 12.7. The fourth-order valence-electron chi connectivity index (χ4n) is 2.54. The van der Waals surface area contributed by atoms with Gasteiger partial charge in [-0.3, -0.25) is 14.4 Å². The van der Waals surface area contributed by atoms with E-state index in [1.807, 2.05) is 0 Å². The predicted octanol–water partition coefficient (Wildman–Crippen LogP) is -1.53. The smallest absolute Gasteiger partial charge is 0.326 e. The van der Waals surface area contributed by atoms with Gasteiger partial charge in [-0.05, 0) is 24.0 Å². The standard InChI is InChI=1S/C19H28N4O6S/c1-30-8-7-13(19(28)29)22-18(27)15(11-24)23-17(26)14(21-16(25)10-20)9-12-5-3-2-4-6-12/h2-6,13-15,24H,7-11,20H2,1H3,(H,21,25)(H,22,27)(H,23,26)(H,28,29). The topological polar surface area (TPSA) is 171 Å². The van der Waals surface area contributed by atoms with E-state index in [2.05, 4.69) is 16.0 Å². The Labute approximate surface area is 179 Å². The fourth-order valence-corrected chi connectivity index (χ4v) is 3.02. The van der Waals surface area contributed by atoms with Gasteiger partial charge in [0.2, 0.25) is 17.7 Å². The van der Waals surface area contributed by atoms with Crippen LogP contribution in [0.4, 0.5) is 0 Å². The highest BCUT2D eigenvalue weighted by atomic mass is 32.2. The first-order chi connectivity index (χ1) is 14.3. The average Bonchev–Trinajstić information content (AvgIpc) is 2.74. The summed E-state index contributed by atoms with van der Waals surface area (Å²) >= 11 is 1.43. The monoisotopic (exact) mass is 440 g/mol. The number of nitrogens with two attached hydrogens (primary N) is 1. The molecule has 0 fully saturated rings. The van der Waals surface area contributed by atoms with Crippen LogP contribution in [0.25, 0.3) is 0 Å². The van der Waals surface area contributed by atoms with Crippen molar-refractivity contribution in [1.29, 1.82) is 0 Å². The first-order valence-corrected chi connectivity index (χ1v) is 10.7. The highest BCUT2D eigenvalue weighted by molar-refractivity contribution is 7.98. The van der Waals surface area contributed by atoms with Gasteiger partial charge in [0.15, 0.2) is 0 Å². The fraction of sp³-hybridized carbons (Fsp3) is 0.474. The molecular weight excluding hydrogens is 412 g/mol. The van der Waals surface area contributed by atoms with Gasteiger partial charge in [-0.2, -0.15) is 11.8 Å². The van der Waals surface area contributed by atoms with Crippen LogP contribution in [-0.2, 0) is 25.6 Å². The molecular formula is C19H28N4O6S. The maximum atomic E-state index is 12.7. The number of aliphatic carboxylic acids is 1. The van der Waals surface area contributed by atoms with E-state index in [0.29, 0.717) is 5.75 Å². The molecule has 10 nitrogen and oxygen atoms in total. The number of thioether (sulfide) groups is 1. The van der Waals surface area contributed by atoms with Crippen LogP contribution in [0.3, 0.4) is 0 Å². The summed E-state index contributed by atoms with van der Waals surface area (Å²) in [5.41, 5.74) is 6.07. The van der Waals surface area contributed by atoms with E-state index in [0.717, 1.165) is 5.56 Å². The lowest BCUT2D eigenvalue weighted by Gasteiger charge is -2.23. The summed E-state index contributed by atoms with van der Waals surface area (Å²) in [5, 5.41) is 25.9. The van der Waals surface area contributed by atoms with E-state index in [1.165, 1.54) is 11.8 Å². The largest absolute Gasteiger partial charge is 0.480 e. The number of nitrogens with one attached hydrogen (secondary N) is 3. The molecule has 0 saturated carbocycles. The third-order valence-electron chi connectivity index (χ3n) is 4.16. The van der Waals surface area contributed by atoms with Gasteiger partial charge in [0.25, 0.3) is 0 Å². The minimum atomic E-state index is -1.37. The number of carboxylic acid groups (broad SMARTS) is 1. The molecule has 0 radical (unpaired) electrons. The van der Waals surface area contributed by atoms with Gasteiger partial charge in [-0.1, -0.05) is 30.3 Å². The van der Waals surface area contributed by atoms with Gasteiger partial charge in [-0.25, -0.2) is 4.79 Å². The van der Waals surface area contributed by atoms with Crippen LogP contribution in [0.2, 0.25) is 0 Å². The molecule has 166 valence electrons. The van der Waals surface area contributed by atoms with Gasteiger partial charge < -0.3 is 31.9 Å². The lowest BCUT2D eigenvalue weighted by Crippen LogP contribution is -2.57. The zero-order chi connectivity index (χ0) is 22.5. The minimum Gasteiger partial charge on any atom is -0.480 e. The molecule has 3 atom stereocenters. The van der Waals surface area contributed by atoms with Crippen molar-refractivity contribution in [1.82, 2.24) is 16.0 Å². The van der Waals surface area contributed by atoms with Crippen molar-refractivity contribution in [3.8, 4) is 0 Å². The molecule has 3 amide bonds. The van der Waals surface area contributed by atoms with Gasteiger partial charge in [0.05, 0.1) is 13.2 Å². The molecule has 1 aromatic carbocycles. The summed E-state index contributed by atoms with van der Waals surface area (Å²) < 4.78 is 0. The Morgan fingerprint density at radius 2 is 1.60 bits per heavy atom. The summed E-state index contributed by atoms with van der Waals surface area (Å²) in [6.45, 7) is -1.06. The molecule has 0 aromatic heterocycles. The van der Waals surface area contributed by atoms with E-state index < -0.39 is 48.4 Å². The van der Waals surface area contributed by atoms with Crippen molar-refractivity contribution < 1.29 is 29.4 Å². The first-order valence-electron chi connectivity index (χ1n) is 9.29. The number of carbonyl (C=O) groups is 4. The van der Waals surface area contributed by atoms with Gasteiger partial charge in [-0.15, -0.1) is 0 Å². The van der Waals surface area contributed by atoms with Crippen LogP contribution < -0.4 is 21.7 Å². The highest BCUT2D eigenvalue weighted by Crippen LogP contribution is 2.05. The second-order valence-electron chi connectivity index (χ2n) is 6.44. The van der Waals surface area contributed by atoms with Crippen molar-refractivity contribution >= 4 is 35.5 Å². The second-order valence-corrected chi connectivity index (χ2v) is 7.42. The summed E-state index contributed by atoms with van der Waals surface area (Å²) in [7, 11) is 0. The van der Waals surface area contributed by atoms with Crippen molar-refractivity contribution in [2.75, 3.05) is 25.2 Å². The number of carboxylic acids is 1. The summed E-state index contributed by atoms with van der Waals surface area (Å²) in [6.07, 6.45) is 2.14. The average molecular weight is 441 g/mol. The lowest BCUT2D eigenvalue weighted by atomic mass is 10.0. The molecule has 1 aromatic rings. The Morgan fingerprint density at radius 3 is 2.13 bits per heavy atom. The SMILES string of the molecule is CSCCC(NC(=O)C(CO)NC(=O)C(Cc1ccccc1)NC(=O)CN)C(=O)O. The Bertz CT molecular complexity index is 718. The molecule has 1 rings (SSSR count). The van der Waals surface area contributed by atoms with Crippen LogP contribution in [-0.4, -0.2) is 77.2 Å². The van der Waals surface area contributed by atoms with E-state index in [-0.39, 0.29) is 19.4 Å². The maximum Gasteiger partial charge on any atom is 0.326 e. The minimum absolute atomic E-state index is 0.143. The van der Waals surface area contributed by atoms with E-state index in [1.54, 1.807) is 36.6 Å². The molecule has 0 spiro atoms. The Balaban J connectivity index is 2.85. The van der Waals surface area contributed by atoms with Crippen LogP contribution in [0.5, 0.6) is 0 Å². The van der Waals surface area contributed by atoms with E-state index in [4.69, 9.17) is 5.73 Å². The van der Waals surface area contributed by atoms with Gasteiger partial charge in [0.1, 0.15) is 18.1 Å². The number of hydrogen-bond donors (Lipinski definition) is 6. The molecule has 0 aliphatic rings. The predicted molar refractivity (Wildman–Crippen MR) is 113 cm³/mol. The summed E-state index contributed by atoms with van der Waals surface area (Å²) in [6, 6.07) is 5.35. The summed E-state index contributed by atoms with van der Waals surface area (Å²) in [4.78, 5) is 48.1. The zero-order valence-corrected chi connectivity index (χ0v) is 17.5. The number of carbonyl (C=O) groups excluding carboxylic acids is 3. The number of aliphatic hydroxyl groups is 1. The number of hydrogen-bond acceptors (Lipinski definition) is 7. The molecule has 0 heterocycles. The molecule has 30 heavy (non-hydrogen) atoms. The van der Waals surface area contributed by atoms with Crippen LogP contribution >= 0.6 is 11.8 Å². The Kier molecular flexibility index (Phi) is 11.5. The molecule has 0 bridgehead atoms. The molecule has 0 aliphatic heterocycles. The van der Waals surface area contributed by atoms with Gasteiger partial charge >= 0.3 is 5.97 Å². The van der Waals surface area contributed by atoms with Gasteiger partial charge in [0, 0.05) is 6.42 Å². The summed E-state index contributed by atoms with van der Waals surface area (Å²) in [5.74, 6) is -2.79. The van der Waals surface area contributed by atoms with Crippen LogP contribution in [0.1, 0.15) is 12.0 Å². The van der Waals surface area contributed by atoms with E-state index in [9.17, 15) is 29.4 Å². The molecule has 11 heteroatoms. The third kappa shape index (κ3) is 8.80. The molecule has 3 unspecified atom stereocenters. The quantitative estimate of drug-likeness (QED) is 0.214. The zero-order valence-electron chi connectivity index (χ0n) is 16.7. The molecule has 7 N–H and O–H groups in total. The Hall–Kier alpha value is -2.63. The highest BCUT2D eigenvalue weighted by Gasteiger charge is 2.29. The number of benzene rings is 1. The van der Waals surface area contributed by atoms with Crippen LogP contribution in [0.15, 0.2) is 30.3 Å². The van der Waals surface area contributed by atoms with Crippen molar-refractivity contribution in [2.24, 2.45) is 5.73 Å². The normalized spacial score (nSPS) is 13.6. The number of aliphatic hydroxyl groups excluding tert-OH is 1. The molecule has 0 saturated heterocycles. The first kappa shape index (κ1) is 25.4.